The monoisotopic (exact) mass is 377 g/mol. The summed E-state index contributed by atoms with van der Waals surface area (Å²) >= 11 is 0. The number of hydrogen-bond donors (Lipinski definition) is 0. The van der Waals surface area contributed by atoms with E-state index in [9.17, 15) is 4.79 Å². The van der Waals surface area contributed by atoms with Gasteiger partial charge >= 0.3 is 0 Å². The van der Waals surface area contributed by atoms with E-state index in [4.69, 9.17) is 14.2 Å². The molecule has 5 nitrogen and oxygen atoms in total. The number of benzene rings is 2. The molecule has 2 aromatic rings. The summed E-state index contributed by atoms with van der Waals surface area (Å²) in [5.41, 5.74) is 3.69. The molecule has 1 saturated heterocycles. The summed E-state index contributed by atoms with van der Waals surface area (Å²) in [4.78, 5) is 15.1. The van der Waals surface area contributed by atoms with Gasteiger partial charge in [0.2, 0.25) is 5.78 Å². The molecular formula is C23H23NO4. The molecule has 0 N–H and O–H groups in total. The number of ketones is 1. The summed E-state index contributed by atoms with van der Waals surface area (Å²) in [5.74, 6) is 1.72. The molecule has 0 amide bonds. The zero-order chi connectivity index (χ0) is 19.1. The molecule has 0 aliphatic carbocycles. The van der Waals surface area contributed by atoms with Crippen LogP contribution in [0.15, 0.2) is 42.2 Å². The number of Topliss-reactive ketones (excluding diaryl/α,β-unsaturated/α-hetero) is 1. The average Bonchev–Trinajstić information content (AvgIpc) is 3.32. The van der Waals surface area contributed by atoms with Crippen molar-refractivity contribution in [1.29, 1.82) is 0 Å². The van der Waals surface area contributed by atoms with E-state index in [1.54, 1.807) is 0 Å². The molecule has 28 heavy (non-hydrogen) atoms. The van der Waals surface area contributed by atoms with Crippen molar-refractivity contribution < 1.29 is 19.0 Å². The van der Waals surface area contributed by atoms with Gasteiger partial charge in [-0.1, -0.05) is 29.8 Å². The number of aryl methyl sites for hydroxylation is 1. The molecule has 0 spiro atoms. The van der Waals surface area contributed by atoms with Crippen molar-refractivity contribution in [1.82, 2.24) is 4.90 Å². The molecule has 0 aromatic heterocycles. The average molecular weight is 377 g/mol. The number of fused-ring (bicyclic) bond motifs is 3. The van der Waals surface area contributed by atoms with Crippen molar-refractivity contribution in [3.8, 4) is 11.5 Å². The fourth-order valence-electron chi connectivity index (χ4n) is 4.01. The minimum atomic E-state index is -0.0744. The van der Waals surface area contributed by atoms with Crippen molar-refractivity contribution in [2.75, 3.05) is 19.9 Å². The number of carbonyl (C=O) groups excluding carboxylic acids is 1. The van der Waals surface area contributed by atoms with Gasteiger partial charge in [0, 0.05) is 19.7 Å². The van der Waals surface area contributed by atoms with Gasteiger partial charge in [-0.25, -0.2) is 0 Å². The molecule has 1 unspecified atom stereocenters. The van der Waals surface area contributed by atoms with Crippen LogP contribution in [0.25, 0.3) is 6.08 Å². The van der Waals surface area contributed by atoms with Gasteiger partial charge in [-0.3, -0.25) is 9.69 Å². The highest BCUT2D eigenvalue weighted by Gasteiger charge is 2.34. The molecule has 5 heteroatoms. The van der Waals surface area contributed by atoms with Crippen LogP contribution in [0.2, 0.25) is 0 Å². The maximum Gasteiger partial charge on any atom is 0.231 e. The lowest BCUT2D eigenvalue weighted by molar-refractivity contribution is 0.0274. The first kappa shape index (κ1) is 17.5. The van der Waals surface area contributed by atoms with Crippen LogP contribution in [-0.2, 0) is 11.3 Å². The van der Waals surface area contributed by atoms with Crippen LogP contribution in [0, 0.1) is 6.92 Å². The second-order valence-electron chi connectivity index (χ2n) is 7.69. The minimum Gasteiger partial charge on any atom is -0.478 e. The van der Waals surface area contributed by atoms with Crippen LogP contribution in [0.1, 0.15) is 39.9 Å². The highest BCUT2D eigenvalue weighted by atomic mass is 16.5. The van der Waals surface area contributed by atoms with Gasteiger partial charge in [-0.15, -0.1) is 0 Å². The van der Waals surface area contributed by atoms with Crippen molar-refractivity contribution in [3.63, 3.8) is 0 Å². The Labute approximate surface area is 164 Å². The number of allylic oxidation sites excluding steroid dienone is 1. The fourth-order valence-corrected chi connectivity index (χ4v) is 4.01. The number of carbonyl (C=O) groups is 1. The summed E-state index contributed by atoms with van der Waals surface area (Å²) in [7, 11) is 0. The lowest BCUT2D eigenvalue weighted by Crippen LogP contribution is -2.37. The molecule has 0 bridgehead atoms. The van der Waals surface area contributed by atoms with Crippen LogP contribution >= 0.6 is 0 Å². The molecule has 0 saturated carbocycles. The van der Waals surface area contributed by atoms with Gasteiger partial charge in [0.15, 0.2) is 5.76 Å². The van der Waals surface area contributed by atoms with E-state index in [2.05, 4.69) is 4.90 Å². The maximum absolute atomic E-state index is 12.8. The molecule has 5 rings (SSSR count). The Morgan fingerprint density at radius 2 is 2.04 bits per heavy atom. The fraction of sp³-hybridized carbons (Fsp3) is 0.348. The van der Waals surface area contributed by atoms with Crippen molar-refractivity contribution >= 4 is 11.9 Å². The van der Waals surface area contributed by atoms with Crippen LogP contribution in [0.3, 0.4) is 0 Å². The summed E-state index contributed by atoms with van der Waals surface area (Å²) in [6, 6.07) is 11.7. The maximum atomic E-state index is 12.8. The number of nitrogens with zero attached hydrogens (tertiary/aromatic N) is 1. The third-order valence-electron chi connectivity index (χ3n) is 5.54. The molecule has 3 aliphatic heterocycles. The van der Waals surface area contributed by atoms with E-state index in [1.165, 1.54) is 5.56 Å². The molecule has 0 radical (unpaired) electrons. The first-order valence-corrected chi connectivity index (χ1v) is 9.81. The van der Waals surface area contributed by atoms with Crippen molar-refractivity contribution in [2.45, 2.75) is 32.4 Å². The van der Waals surface area contributed by atoms with E-state index in [-0.39, 0.29) is 11.9 Å². The Bertz CT molecular complexity index is 942. The van der Waals surface area contributed by atoms with Gasteiger partial charge in [-0.2, -0.15) is 0 Å². The second-order valence-corrected chi connectivity index (χ2v) is 7.69. The lowest BCUT2D eigenvalue weighted by atomic mass is 10.0. The van der Waals surface area contributed by atoms with Crippen LogP contribution in [0.4, 0.5) is 0 Å². The Morgan fingerprint density at radius 3 is 2.82 bits per heavy atom. The molecule has 144 valence electrons. The van der Waals surface area contributed by atoms with Gasteiger partial charge < -0.3 is 14.2 Å². The highest BCUT2D eigenvalue weighted by molar-refractivity contribution is 6.15. The molecule has 2 aromatic carbocycles. The van der Waals surface area contributed by atoms with E-state index in [0.29, 0.717) is 30.3 Å². The van der Waals surface area contributed by atoms with Gasteiger partial charge in [0.25, 0.3) is 0 Å². The molecule has 1 fully saturated rings. The first-order chi connectivity index (χ1) is 13.7. The van der Waals surface area contributed by atoms with E-state index >= 15 is 0 Å². The van der Waals surface area contributed by atoms with Crippen LogP contribution < -0.4 is 9.47 Å². The van der Waals surface area contributed by atoms with Crippen molar-refractivity contribution in [2.24, 2.45) is 0 Å². The van der Waals surface area contributed by atoms with E-state index in [0.717, 1.165) is 42.9 Å². The Morgan fingerprint density at radius 1 is 1.18 bits per heavy atom. The van der Waals surface area contributed by atoms with E-state index in [1.807, 2.05) is 49.4 Å². The zero-order valence-corrected chi connectivity index (χ0v) is 15.9. The number of rotatable bonds is 3. The first-order valence-electron chi connectivity index (χ1n) is 9.81. The summed E-state index contributed by atoms with van der Waals surface area (Å²) in [5, 5.41) is 0. The quantitative estimate of drug-likeness (QED) is 0.758. The molecular weight excluding hydrogens is 354 g/mol. The number of hydrogen-bond acceptors (Lipinski definition) is 5. The predicted octanol–water partition coefficient (Wildman–Crippen LogP) is 3.94. The lowest BCUT2D eigenvalue weighted by Gasteiger charge is -2.31. The normalized spacial score (nSPS) is 22.7. The largest absolute Gasteiger partial charge is 0.478 e. The summed E-state index contributed by atoms with van der Waals surface area (Å²) < 4.78 is 17.7. The third kappa shape index (κ3) is 3.21. The topological polar surface area (TPSA) is 48.0 Å². The number of ether oxygens (including phenoxy) is 3. The molecule has 1 atom stereocenters. The van der Waals surface area contributed by atoms with E-state index < -0.39 is 0 Å². The van der Waals surface area contributed by atoms with Gasteiger partial charge in [0.05, 0.1) is 17.2 Å². The van der Waals surface area contributed by atoms with Crippen LogP contribution in [-0.4, -0.2) is 36.7 Å². The van der Waals surface area contributed by atoms with Crippen molar-refractivity contribution in [3.05, 3.63) is 64.4 Å². The zero-order valence-electron chi connectivity index (χ0n) is 15.9. The highest BCUT2D eigenvalue weighted by Crippen LogP contribution is 2.42. The smallest absolute Gasteiger partial charge is 0.231 e. The Balaban J connectivity index is 1.41. The predicted molar refractivity (Wildman–Crippen MR) is 105 cm³/mol. The second kappa shape index (κ2) is 7.08. The standard InChI is InChI=1S/C23H23NO4/c1-15-4-6-16(7-5-15)11-21-22(25)18-8-9-20-19(23(18)28-21)13-24(14-27-20)12-17-3-2-10-26-17/h4-9,11,17H,2-3,10,12-14H2,1H3/b21-11-. The Hall–Kier alpha value is -2.63. The van der Waals surface area contributed by atoms with Gasteiger partial charge in [-0.05, 0) is 43.5 Å². The van der Waals surface area contributed by atoms with Gasteiger partial charge in [0.1, 0.15) is 18.2 Å². The SMILES string of the molecule is Cc1ccc(/C=C2\Oc3c(ccc4c3CN(CC3CCCO3)CO4)C2=O)cc1. The van der Waals surface area contributed by atoms with Crippen LogP contribution in [0.5, 0.6) is 11.5 Å². The molecule has 3 heterocycles. The summed E-state index contributed by atoms with van der Waals surface area (Å²) in [6.07, 6.45) is 4.29. The molecule has 3 aliphatic rings. The summed E-state index contributed by atoms with van der Waals surface area (Å²) in [6.45, 7) is 4.95. The third-order valence-corrected chi connectivity index (χ3v) is 5.54. The Kier molecular flexibility index (Phi) is 4.41. The minimum absolute atomic E-state index is 0.0744.